The number of carbonyl (C=O) groups excluding carboxylic acids is 1. The average molecular weight is 343 g/mol. The third-order valence-corrected chi connectivity index (χ3v) is 4.20. The van der Waals surface area contributed by atoms with Gasteiger partial charge in [-0.1, -0.05) is 30.3 Å². The summed E-state index contributed by atoms with van der Waals surface area (Å²) < 4.78 is 13.3. The fourth-order valence-corrected chi connectivity index (χ4v) is 2.83. The standard InChI is InChI=1S/C16H10FN3O3S/c17-12-7-6-11(8-13(12)20(22)23)19-15(21)14-9-18-16(24-14)10-4-2-1-3-5-10/h1-9H,(H,19,21). The van der Waals surface area contributed by atoms with Crippen LogP contribution in [0.3, 0.4) is 0 Å². The van der Waals surface area contributed by atoms with Gasteiger partial charge in [0.1, 0.15) is 9.88 Å². The van der Waals surface area contributed by atoms with E-state index >= 15 is 0 Å². The van der Waals surface area contributed by atoms with E-state index in [1.165, 1.54) is 23.6 Å². The number of nitro groups is 1. The van der Waals surface area contributed by atoms with Gasteiger partial charge in [0, 0.05) is 17.3 Å². The Kier molecular flexibility index (Phi) is 4.30. The minimum atomic E-state index is -0.956. The zero-order valence-electron chi connectivity index (χ0n) is 12.1. The van der Waals surface area contributed by atoms with Crippen LogP contribution < -0.4 is 5.32 Å². The summed E-state index contributed by atoms with van der Waals surface area (Å²) in [6.07, 6.45) is 1.43. The van der Waals surface area contributed by atoms with Crippen LogP contribution in [0.25, 0.3) is 10.6 Å². The second-order valence-corrected chi connectivity index (χ2v) is 5.80. The number of thiazole rings is 1. The number of carbonyl (C=O) groups is 1. The Morgan fingerprint density at radius 1 is 1.21 bits per heavy atom. The average Bonchev–Trinajstić information content (AvgIpc) is 3.07. The Balaban J connectivity index is 1.80. The van der Waals surface area contributed by atoms with Gasteiger partial charge in [0.15, 0.2) is 0 Å². The first-order valence-electron chi connectivity index (χ1n) is 6.81. The maximum absolute atomic E-state index is 13.3. The van der Waals surface area contributed by atoms with Crippen molar-refractivity contribution in [2.75, 3.05) is 5.32 Å². The number of nitrogens with one attached hydrogen (secondary N) is 1. The number of aromatic nitrogens is 1. The molecule has 24 heavy (non-hydrogen) atoms. The van der Waals surface area contributed by atoms with Crippen LogP contribution in [0.15, 0.2) is 54.7 Å². The highest BCUT2D eigenvalue weighted by atomic mass is 32.1. The summed E-state index contributed by atoms with van der Waals surface area (Å²) in [6.45, 7) is 0. The Hall–Kier alpha value is -3.13. The summed E-state index contributed by atoms with van der Waals surface area (Å²) in [5, 5.41) is 13.9. The van der Waals surface area contributed by atoms with Crippen molar-refractivity contribution >= 4 is 28.6 Å². The molecular formula is C16H10FN3O3S. The van der Waals surface area contributed by atoms with Gasteiger partial charge >= 0.3 is 5.69 Å². The second-order valence-electron chi connectivity index (χ2n) is 4.77. The first-order valence-corrected chi connectivity index (χ1v) is 7.63. The van der Waals surface area contributed by atoms with E-state index in [1.807, 2.05) is 30.3 Å². The minimum absolute atomic E-state index is 0.141. The number of hydrogen-bond acceptors (Lipinski definition) is 5. The topological polar surface area (TPSA) is 85.1 Å². The van der Waals surface area contributed by atoms with Crippen molar-refractivity contribution in [1.82, 2.24) is 4.98 Å². The van der Waals surface area contributed by atoms with Gasteiger partial charge in [-0.15, -0.1) is 11.3 Å². The van der Waals surface area contributed by atoms with E-state index in [4.69, 9.17) is 0 Å². The number of amides is 1. The quantitative estimate of drug-likeness (QED) is 0.570. The summed E-state index contributed by atoms with van der Waals surface area (Å²) in [7, 11) is 0. The van der Waals surface area contributed by atoms with Gasteiger partial charge in [-0.25, -0.2) is 4.98 Å². The molecule has 0 unspecified atom stereocenters. The van der Waals surface area contributed by atoms with Crippen molar-refractivity contribution in [3.63, 3.8) is 0 Å². The third-order valence-electron chi connectivity index (χ3n) is 3.15. The van der Waals surface area contributed by atoms with Crippen molar-refractivity contribution in [3.05, 3.63) is 75.5 Å². The van der Waals surface area contributed by atoms with E-state index in [9.17, 15) is 19.3 Å². The largest absolute Gasteiger partial charge is 0.321 e. The van der Waals surface area contributed by atoms with Crippen LogP contribution in [0.1, 0.15) is 9.67 Å². The fourth-order valence-electron chi connectivity index (χ4n) is 2.02. The molecule has 1 heterocycles. The molecule has 1 aromatic heterocycles. The number of anilines is 1. The van der Waals surface area contributed by atoms with Gasteiger partial charge < -0.3 is 5.32 Å². The molecule has 0 bridgehead atoms. The lowest BCUT2D eigenvalue weighted by Gasteiger charge is -2.03. The van der Waals surface area contributed by atoms with Gasteiger partial charge in [0.25, 0.3) is 5.91 Å². The number of rotatable bonds is 4. The van der Waals surface area contributed by atoms with Crippen molar-refractivity contribution in [2.45, 2.75) is 0 Å². The van der Waals surface area contributed by atoms with Crippen LogP contribution in [-0.2, 0) is 0 Å². The first kappa shape index (κ1) is 15.8. The van der Waals surface area contributed by atoms with Crippen LogP contribution in [0.2, 0.25) is 0 Å². The smallest absolute Gasteiger partial charge is 0.306 e. The molecule has 0 atom stereocenters. The predicted molar refractivity (Wildman–Crippen MR) is 88.6 cm³/mol. The monoisotopic (exact) mass is 343 g/mol. The molecule has 2 aromatic carbocycles. The van der Waals surface area contributed by atoms with E-state index in [0.717, 1.165) is 17.7 Å². The molecule has 0 saturated carbocycles. The first-order chi connectivity index (χ1) is 11.5. The van der Waals surface area contributed by atoms with E-state index < -0.39 is 22.3 Å². The summed E-state index contributed by atoms with van der Waals surface area (Å²) in [6, 6.07) is 12.6. The lowest BCUT2D eigenvalue weighted by atomic mass is 10.2. The number of nitrogens with zero attached hydrogens (tertiary/aromatic N) is 2. The number of benzene rings is 2. The lowest BCUT2D eigenvalue weighted by Crippen LogP contribution is -2.10. The molecule has 3 aromatic rings. The molecule has 8 heteroatoms. The highest BCUT2D eigenvalue weighted by Gasteiger charge is 2.17. The Bertz CT molecular complexity index is 912. The molecule has 0 radical (unpaired) electrons. The number of halogens is 1. The van der Waals surface area contributed by atoms with Crippen molar-refractivity contribution in [1.29, 1.82) is 0 Å². The number of nitro benzene ring substituents is 1. The third kappa shape index (κ3) is 3.28. The molecule has 0 aliphatic carbocycles. The molecular weight excluding hydrogens is 333 g/mol. The van der Waals surface area contributed by atoms with Crippen molar-refractivity contribution < 1.29 is 14.1 Å². The lowest BCUT2D eigenvalue weighted by molar-refractivity contribution is -0.387. The highest BCUT2D eigenvalue weighted by Crippen LogP contribution is 2.26. The summed E-state index contributed by atoms with van der Waals surface area (Å²) in [5.74, 6) is -1.42. The van der Waals surface area contributed by atoms with Gasteiger partial charge in [0.2, 0.25) is 5.82 Å². The summed E-state index contributed by atoms with van der Waals surface area (Å²) in [4.78, 5) is 26.7. The van der Waals surface area contributed by atoms with E-state index in [0.29, 0.717) is 9.88 Å². The zero-order chi connectivity index (χ0) is 17.1. The summed E-state index contributed by atoms with van der Waals surface area (Å²) in [5.41, 5.74) is 0.337. The highest BCUT2D eigenvalue weighted by molar-refractivity contribution is 7.17. The molecule has 1 amide bonds. The van der Waals surface area contributed by atoms with Gasteiger partial charge in [0.05, 0.1) is 11.1 Å². The van der Waals surface area contributed by atoms with Crippen LogP contribution in [0, 0.1) is 15.9 Å². The molecule has 0 saturated heterocycles. The molecule has 120 valence electrons. The number of hydrogen-bond donors (Lipinski definition) is 1. The van der Waals surface area contributed by atoms with Crippen LogP contribution in [0.5, 0.6) is 0 Å². The summed E-state index contributed by atoms with van der Waals surface area (Å²) >= 11 is 1.20. The van der Waals surface area contributed by atoms with Gasteiger partial charge in [-0.05, 0) is 12.1 Å². The van der Waals surface area contributed by atoms with Gasteiger partial charge in [-0.3, -0.25) is 14.9 Å². The van der Waals surface area contributed by atoms with Crippen LogP contribution in [-0.4, -0.2) is 15.8 Å². The van der Waals surface area contributed by atoms with Crippen molar-refractivity contribution in [2.24, 2.45) is 0 Å². The molecule has 0 aliphatic rings. The molecule has 0 spiro atoms. The maximum atomic E-state index is 13.3. The predicted octanol–water partition coefficient (Wildman–Crippen LogP) is 4.11. The molecule has 0 aliphatic heterocycles. The maximum Gasteiger partial charge on any atom is 0.306 e. The molecule has 1 N–H and O–H groups in total. The van der Waals surface area contributed by atoms with E-state index in [1.54, 1.807) is 0 Å². The molecule has 6 nitrogen and oxygen atoms in total. The van der Waals surface area contributed by atoms with E-state index in [-0.39, 0.29) is 5.69 Å². The molecule has 3 rings (SSSR count). The van der Waals surface area contributed by atoms with Crippen LogP contribution >= 0.6 is 11.3 Å². The fraction of sp³-hybridized carbons (Fsp3) is 0. The SMILES string of the molecule is O=C(Nc1ccc(F)c([N+](=O)[O-])c1)c1cnc(-c2ccccc2)s1. The van der Waals surface area contributed by atoms with E-state index in [2.05, 4.69) is 10.3 Å². The minimum Gasteiger partial charge on any atom is -0.321 e. The van der Waals surface area contributed by atoms with Crippen molar-refractivity contribution in [3.8, 4) is 10.6 Å². The Morgan fingerprint density at radius 3 is 2.67 bits per heavy atom. The normalized spacial score (nSPS) is 10.4. The zero-order valence-corrected chi connectivity index (χ0v) is 12.9. The molecule has 0 fully saturated rings. The van der Waals surface area contributed by atoms with Gasteiger partial charge in [-0.2, -0.15) is 4.39 Å². The van der Waals surface area contributed by atoms with Crippen LogP contribution in [0.4, 0.5) is 15.8 Å². The Morgan fingerprint density at radius 2 is 1.96 bits per heavy atom. The Labute approximate surface area is 139 Å². The second kappa shape index (κ2) is 6.55.